The minimum absolute atomic E-state index is 0.0311. The number of H-pyrrole nitrogens is 1. The standard InChI is InChI=1S/C32H21N7O2S2/c33-27-21(15-18-11-7-8-14-23(18)41-27)22-16-20(17-9-3-1-4-10-17)24-26-25(28(36-31(34)42)37-32(43)35-26)30(40)38-29(24)39(22)19-12-5-2-6-13-19/h1-16,33H,(H4,34,35,36,37,42,43). The van der Waals surface area contributed by atoms with Gasteiger partial charge in [-0.15, -0.1) is 0 Å². The van der Waals surface area contributed by atoms with Crippen LogP contribution in [0.2, 0.25) is 0 Å². The summed E-state index contributed by atoms with van der Waals surface area (Å²) in [5, 5.41) is 12.6. The van der Waals surface area contributed by atoms with Gasteiger partial charge in [-0.2, -0.15) is 4.98 Å². The van der Waals surface area contributed by atoms with E-state index in [4.69, 9.17) is 40.0 Å². The maximum Gasteiger partial charge on any atom is 0.284 e. The van der Waals surface area contributed by atoms with Crippen LogP contribution >= 0.6 is 24.4 Å². The predicted octanol–water partition coefficient (Wildman–Crippen LogP) is 6.16. The van der Waals surface area contributed by atoms with Gasteiger partial charge in [-0.3, -0.25) is 14.8 Å². The number of nitrogens with two attached hydrogens (primary N) is 1. The van der Waals surface area contributed by atoms with Crippen molar-refractivity contribution in [2.75, 3.05) is 5.32 Å². The number of rotatable bonds is 4. The average molecular weight is 600 g/mol. The molecule has 43 heavy (non-hydrogen) atoms. The molecule has 0 spiro atoms. The summed E-state index contributed by atoms with van der Waals surface area (Å²) in [6.07, 6.45) is 0. The number of nitrogens with one attached hydrogen (secondary N) is 3. The number of thiocarbonyl (C=S) groups is 1. The molecule has 2 aliphatic rings. The molecule has 5 aromatic rings. The SMILES string of the molecule is N=c1oc2ccccc2cc1-c1cc(-c2ccccc2)c2c3[nH]c(=S)nc(NC(N)=S)c3c(=O)nc-2n1-c1ccccc1. The number of hydrogen-bond acceptors (Lipinski definition) is 7. The van der Waals surface area contributed by atoms with Crippen molar-refractivity contribution in [3.63, 3.8) is 0 Å². The third kappa shape index (κ3) is 4.56. The first-order valence-corrected chi connectivity index (χ1v) is 14.0. The van der Waals surface area contributed by atoms with Crippen LogP contribution in [-0.4, -0.2) is 24.6 Å². The van der Waals surface area contributed by atoms with E-state index in [-0.39, 0.29) is 26.6 Å². The van der Waals surface area contributed by atoms with E-state index in [1.54, 1.807) is 0 Å². The first-order valence-electron chi connectivity index (χ1n) is 13.2. The lowest BCUT2D eigenvalue weighted by atomic mass is 9.94. The van der Waals surface area contributed by atoms with Gasteiger partial charge in [0.1, 0.15) is 11.0 Å². The summed E-state index contributed by atoms with van der Waals surface area (Å²) < 4.78 is 7.96. The molecule has 2 aromatic heterocycles. The van der Waals surface area contributed by atoms with Crippen LogP contribution in [0.4, 0.5) is 5.82 Å². The van der Waals surface area contributed by atoms with Crippen LogP contribution in [0.25, 0.3) is 61.3 Å². The maximum absolute atomic E-state index is 13.8. The van der Waals surface area contributed by atoms with Gasteiger partial charge in [-0.1, -0.05) is 66.7 Å². The van der Waals surface area contributed by atoms with E-state index < -0.39 is 5.56 Å². The van der Waals surface area contributed by atoms with E-state index in [1.807, 2.05) is 102 Å². The van der Waals surface area contributed by atoms with Crippen LogP contribution in [0, 0.1) is 10.2 Å². The number of anilines is 1. The van der Waals surface area contributed by atoms with Gasteiger partial charge in [-0.25, -0.2) is 4.98 Å². The molecule has 4 heterocycles. The lowest BCUT2D eigenvalue weighted by Crippen LogP contribution is -2.23. The summed E-state index contributed by atoms with van der Waals surface area (Å²) in [6, 6.07) is 30.7. The Bertz CT molecular complexity index is 2370. The fourth-order valence-electron chi connectivity index (χ4n) is 5.35. The van der Waals surface area contributed by atoms with Crippen molar-refractivity contribution in [2.45, 2.75) is 0 Å². The van der Waals surface area contributed by atoms with Crippen LogP contribution in [0.3, 0.4) is 0 Å². The molecule has 0 fully saturated rings. The van der Waals surface area contributed by atoms with Crippen LogP contribution < -0.4 is 22.2 Å². The smallest absolute Gasteiger partial charge is 0.284 e. The van der Waals surface area contributed by atoms with Gasteiger partial charge < -0.3 is 20.5 Å². The molecule has 0 radical (unpaired) electrons. The number of para-hydroxylation sites is 2. The monoisotopic (exact) mass is 599 g/mol. The van der Waals surface area contributed by atoms with Crippen molar-refractivity contribution in [3.8, 4) is 39.5 Å². The third-order valence-electron chi connectivity index (χ3n) is 7.12. The molecular weight excluding hydrogens is 579 g/mol. The highest BCUT2D eigenvalue weighted by Gasteiger charge is 2.27. The van der Waals surface area contributed by atoms with E-state index in [9.17, 15) is 4.79 Å². The highest BCUT2D eigenvalue weighted by Crippen LogP contribution is 2.42. The molecule has 5 N–H and O–H groups in total. The van der Waals surface area contributed by atoms with Gasteiger partial charge >= 0.3 is 0 Å². The van der Waals surface area contributed by atoms with Gasteiger partial charge in [0.15, 0.2) is 21.5 Å². The lowest BCUT2D eigenvalue weighted by molar-refractivity contribution is 0.535. The topological polar surface area (TPSA) is 139 Å². The second-order valence-electron chi connectivity index (χ2n) is 9.75. The summed E-state index contributed by atoms with van der Waals surface area (Å²) >= 11 is 10.5. The minimum Gasteiger partial charge on any atom is -0.438 e. The van der Waals surface area contributed by atoms with Gasteiger partial charge in [0, 0.05) is 11.1 Å². The summed E-state index contributed by atoms with van der Waals surface area (Å²) in [6.45, 7) is 0. The Hall–Kier alpha value is -5.52. The first-order chi connectivity index (χ1) is 20.9. The zero-order valence-electron chi connectivity index (χ0n) is 22.3. The van der Waals surface area contributed by atoms with Crippen molar-refractivity contribution in [2.24, 2.45) is 5.73 Å². The summed E-state index contributed by atoms with van der Waals surface area (Å²) in [5.74, 6) is 0.479. The summed E-state index contributed by atoms with van der Waals surface area (Å²) in [5.41, 5.74) is 10.3. The largest absolute Gasteiger partial charge is 0.438 e. The Kier molecular flexibility index (Phi) is 6.38. The molecule has 0 aliphatic carbocycles. The number of nitrogens with zero attached hydrogens (tertiary/aromatic N) is 3. The number of benzene rings is 3. The Morgan fingerprint density at radius 3 is 2.37 bits per heavy atom. The van der Waals surface area contributed by atoms with E-state index in [0.29, 0.717) is 33.7 Å². The fraction of sp³-hybridized carbons (Fsp3) is 0. The van der Waals surface area contributed by atoms with Gasteiger partial charge in [0.05, 0.1) is 22.3 Å². The molecule has 0 unspecified atom stereocenters. The van der Waals surface area contributed by atoms with Gasteiger partial charge in [-0.05, 0) is 65.9 Å². The third-order valence-corrected chi connectivity index (χ3v) is 7.42. The summed E-state index contributed by atoms with van der Waals surface area (Å²) in [7, 11) is 0. The second-order valence-corrected chi connectivity index (χ2v) is 10.6. The molecule has 7 rings (SSSR count). The van der Waals surface area contributed by atoms with Crippen molar-refractivity contribution in [1.82, 2.24) is 19.5 Å². The van der Waals surface area contributed by atoms with Crippen molar-refractivity contribution in [1.29, 1.82) is 5.41 Å². The van der Waals surface area contributed by atoms with Crippen LogP contribution in [0.15, 0.2) is 106 Å². The molecule has 0 saturated heterocycles. The highest BCUT2D eigenvalue weighted by molar-refractivity contribution is 7.80. The van der Waals surface area contributed by atoms with E-state index in [1.165, 1.54) is 0 Å². The zero-order valence-corrected chi connectivity index (χ0v) is 23.9. The van der Waals surface area contributed by atoms with E-state index in [0.717, 1.165) is 22.2 Å². The zero-order chi connectivity index (χ0) is 29.7. The van der Waals surface area contributed by atoms with Crippen molar-refractivity contribution >= 4 is 57.2 Å². The Labute approximate surface area is 254 Å². The van der Waals surface area contributed by atoms with Crippen molar-refractivity contribution < 1.29 is 4.42 Å². The first kappa shape index (κ1) is 26.4. The van der Waals surface area contributed by atoms with Gasteiger partial charge in [0.2, 0.25) is 5.55 Å². The van der Waals surface area contributed by atoms with Crippen LogP contribution in [0.1, 0.15) is 0 Å². The number of aromatic amines is 1. The molecule has 11 heteroatoms. The Balaban J connectivity index is 1.73. The number of fused-ring (bicyclic) bond motifs is 4. The molecule has 0 amide bonds. The lowest BCUT2D eigenvalue weighted by Gasteiger charge is -2.24. The average Bonchev–Trinajstić information content (AvgIpc) is 3.00. The maximum atomic E-state index is 13.8. The summed E-state index contributed by atoms with van der Waals surface area (Å²) in [4.78, 5) is 25.9. The number of hydrogen-bond donors (Lipinski definition) is 4. The molecule has 208 valence electrons. The Morgan fingerprint density at radius 2 is 1.63 bits per heavy atom. The van der Waals surface area contributed by atoms with Crippen molar-refractivity contribution in [3.05, 3.63) is 118 Å². The van der Waals surface area contributed by atoms with E-state index >= 15 is 0 Å². The quantitative estimate of drug-likeness (QED) is 0.139. The molecular formula is C32H21N7O2S2. The van der Waals surface area contributed by atoms with Crippen LogP contribution in [-0.2, 0) is 0 Å². The predicted molar refractivity (Wildman–Crippen MR) is 174 cm³/mol. The molecule has 2 aliphatic heterocycles. The second kappa shape index (κ2) is 10.4. The van der Waals surface area contributed by atoms with E-state index in [2.05, 4.69) is 20.3 Å². The number of pyridine rings is 2. The highest BCUT2D eigenvalue weighted by atomic mass is 32.1. The molecule has 3 aromatic carbocycles. The number of aromatic nitrogens is 4. The molecule has 0 bridgehead atoms. The minimum atomic E-state index is -0.560. The Morgan fingerprint density at radius 1 is 0.930 bits per heavy atom. The fourth-order valence-corrected chi connectivity index (χ4v) is 5.64. The molecule has 9 nitrogen and oxygen atoms in total. The normalized spacial score (nSPS) is 11.3. The molecule has 0 saturated carbocycles. The van der Waals surface area contributed by atoms with Crippen LogP contribution in [0.5, 0.6) is 0 Å². The molecule has 0 atom stereocenters. The van der Waals surface area contributed by atoms with Gasteiger partial charge in [0.25, 0.3) is 5.56 Å².